The molecule has 4 rings (SSSR count). The minimum atomic E-state index is 0.340. The number of nitrogens with one attached hydrogen (secondary N) is 1. The second-order valence-electron chi connectivity index (χ2n) is 6.34. The standard InChI is InChI=1S/C22H19ClN4O3/c1-28-20-9-14-12-25-22(27-18(14)11-21(20)29-2)26-15-6-7-19(17(23)10-15)30-13-16-5-3-4-8-24-16/h3-12H,13H2,1-2H3,(H,25,26,27). The van der Waals surface area contributed by atoms with Crippen LogP contribution < -0.4 is 19.5 Å². The van der Waals surface area contributed by atoms with Crippen molar-refractivity contribution >= 4 is 34.1 Å². The lowest BCUT2D eigenvalue weighted by Gasteiger charge is -2.11. The van der Waals surface area contributed by atoms with Gasteiger partial charge in [0.15, 0.2) is 11.5 Å². The molecule has 4 aromatic rings. The van der Waals surface area contributed by atoms with Crippen molar-refractivity contribution in [2.24, 2.45) is 0 Å². The molecule has 0 aliphatic carbocycles. The van der Waals surface area contributed by atoms with E-state index in [1.165, 1.54) is 0 Å². The maximum atomic E-state index is 6.37. The molecule has 0 unspecified atom stereocenters. The van der Waals surface area contributed by atoms with E-state index in [4.69, 9.17) is 25.8 Å². The molecule has 0 saturated heterocycles. The maximum Gasteiger partial charge on any atom is 0.227 e. The summed E-state index contributed by atoms with van der Waals surface area (Å²) in [7, 11) is 3.18. The number of rotatable bonds is 7. The molecule has 7 nitrogen and oxygen atoms in total. The molecule has 30 heavy (non-hydrogen) atoms. The highest BCUT2D eigenvalue weighted by molar-refractivity contribution is 6.32. The van der Waals surface area contributed by atoms with E-state index < -0.39 is 0 Å². The van der Waals surface area contributed by atoms with Crippen molar-refractivity contribution in [3.8, 4) is 17.2 Å². The number of methoxy groups -OCH3 is 2. The molecule has 2 aromatic carbocycles. The van der Waals surface area contributed by atoms with Crippen molar-refractivity contribution < 1.29 is 14.2 Å². The molecule has 0 amide bonds. The third-order valence-corrected chi connectivity index (χ3v) is 4.67. The molecule has 0 aliphatic rings. The highest BCUT2D eigenvalue weighted by Gasteiger charge is 2.10. The van der Waals surface area contributed by atoms with Crippen LogP contribution in [0.4, 0.5) is 11.6 Å². The number of benzene rings is 2. The van der Waals surface area contributed by atoms with Gasteiger partial charge in [-0.05, 0) is 36.4 Å². The van der Waals surface area contributed by atoms with Crippen LogP contribution in [0.1, 0.15) is 5.69 Å². The lowest BCUT2D eigenvalue weighted by atomic mass is 10.2. The van der Waals surface area contributed by atoms with Crippen LogP contribution in [-0.2, 0) is 6.61 Å². The van der Waals surface area contributed by atoms with Crippen molar-refractivity contribution in [1.29, 1.82) is 0 Å². The van der Waals surface area contributed by atoms with Gasteiger partial charge in [0.2, 0.25) is 5.95 Å². The average molecular weight is 423 g/mol. The fourth-order valence-corrected chi connectivity index (χ4v) is 3.11. The summed E-state index contributed by atoms with van der Waals surface area (Å²) in [5, 5.41) is 4.47. The SMILES string of the molecule is COc1cc2cnc(Nc3ccc(OCc4ccccn4)c(Cl)c3)nc2cc1OC. The van der Waals surface area contributed by atoms with Crippen LogP contribution in [0.25, 0.3) is 10.9 Å². The number of fused-ring (bicyclic) bond motifs is 1. The zero-order valence-corrected chi connectivity index (χ0v) is 17.2. The van der Waals surface area contributed by atoms with Gasteiger partial charge in [-0.3, -0.25) is 4.98 Å². The monoisotopic (exact) mass is 422 g/mol. The summed E-state index contributed by atoms with van der Waals surface area (Å²) < 4.78 is 16.4. The van der Waals surface area contributed by atoms with Gasteiger partial charge in [-0.25, -0.2) is 9.97 Å². The fourth-order valence-electron chi connectivity index (χ4n) is 2.88. The first-order chi connectivity index (χ1) is 14.7. The predicted octanol–water partition coefficient (Wildman–Crippen LogP) is 5.02. The van der Waals surface area contributed by atoms with Crippen LogP contribution in [0, 0.1) is 0 Å². The molecule has 1 N–H and O–H groups in total. The summed E-state index contributed by atoms with van der Waals surface area (Å²) in [6, 6.07) is 14.7. The number of pyridine rings is 1. The maximum absolute atomic E-state index is 6.37. The Balaban J connectivity index is 1.51. The Morgan fingerprint density at radius 1 is 0.933 bits per heavy atom. The molecule has 152 valence electrons. The molecule has 0 radical (unpaired) electrons. The molecule has 0 bridgehead atoms. The molecular weight excluding hydrogens is 404 g/mol. The lowest BCUT2D eigenvalue weighted by molar-refractivity contribution is 0.301. The summed E-state index contributed by atoms with van der Waals surface area (Å²) in [5.41, 5.74) is 2.30. The van der Waals surface area contributed by atoms with Gasteiger partial charge in [-0.2, -0.15) is 0 Å². The number of nitrogens with zero attached hydrogens (tertiary/aromatic N) is 3. The third-order valence-electron chi connectivity index (χ3n) is 4.37. The van der Waals surface area contributed by atoms with Crippen LogP contribution in [0.15, 0.2) is 60.9 Å². The molecule has 8 heteroatoms. The molecule has 0 aliphatic heterocycles. The lowest BCUT2D eigenvalue weighted by Crippen LogP contribution is -2.00. The number of ether oxygens (including phenoxy) is 3. The van der Waals surface area contributed by atoms with Gasteiger partial charge in [0, 0.05) is 29.5 Å². The van der Waals surface area contributed by atoms with Gasteiger partial charge in [0.05, 0.1) is 30.5 Å². The predicted molar refractivity (Wildman–Crippen MR) is 116 cm³/mol. The Kier molecular flexibility index (Phi) is 5.81. The van der Waals surface area contributed by atoms with E-state index >= 15 is 0 Å². The highest BCUT2D eigenvalue weighted by atomic mass is 35.5. The Bertz CT molecular complexity index is 1170. The van der Waals surface area contributed by atoms with E-state index in [1.54, 1.807) is 38.7 Å². The normalized spacial score (nSPS) is 10.6. The third kappa shape index (κ3) is 4.36. The number of hydrogen-bond acceptors (Lipinski definition) is 7. The fraction of sp³-hybridized carbons (Fsp3) is 0.136. The van der Waals surface area contributed by atoms with Gasteiger partial charge in [0.25, 0.3) is 0 Å². The minimum absolute atomic E-state index is 0.340. The summed E-state index contributed by atoms with van der Waals surface area (Å²) in [6.45, 7) is 0.340. The van der Waals surface area contributed by atoms with Crippen molar-refractivity contribution in [3.63, 3.8) is 0 Å². The zero-order valence-electron chi connectivity index (χ0n) is 16.4. The van der Waals surface area contributed by atoms with Crippen LogP contribution in [0.2, 0.25) is 5.02 Å². The Morgan fingerprint density at radius 2 is 1.77 bits per heavy atom. The van der Waals surface area contributed by atoms with E-state index in [2.05, 4.69) is 20.3 Å². The summed E-state index contributed by atoms with van der Waals surface area (Å²) >= 11 is 6.37. The van der Waals surface area contributed by atoms with Crippen molar-refractivity contribution in [2.75, 3.05) is 19.5 Å². The topological polar surface area (TPSA) is 78.4 Å². The van der Waals surface area contributed by atoms with Crippen LogP contribution in [0.5, 0.6) is 17.2 Å². The molecule has 2 heterocycles. The molecular formula is C22H19ClN4O3. The Morgan fingerprint density at radius 3 is 2.50 bits per heavy atom. The van der Waals surface area contributed by atoms with Gasteiger partial charge >= 0.3 is 0 Å². The molecule has 2 aromatic heterocycles. The van der Waals surface area contributed by atoms with E-state index in [0.717, 1.165) is 22.3 Å². The second-order valence-corrected chi connectivity index (χ2v) is 6.75. The zero-order chi connectivity index (χ0) is 20.9. The molecule has 0 fully saturated rings. The average Bonchev–Trinajstić information content (AvgIpc) is 2.78. The van der Waals surface area contributed by atoms with Gasteiger partial charge < -0.3 is 19.5 Å². The van der Waals surface area contributed by atoms with Crippen LogP contribution in [0.3, 0.4) is 0 Å². The summed E-state index contributed by atoms with van der Waals surface area (Å²) in [6.07, 6.45) is 3.45. The first kappa shape index (κ1) is 19.7. The van der Waals surface area contributed by atoms with Gasteiger partial charge in [-0.1, -0.05) is 17.7 Å². The first-order valence-corrected chi connectivity index (χ1v) is 9.52. The number of hydrogen-bond donors (Lipinski definition) is 1. The Labute approximate surface area is 178 Å². The van der Waals surface area contributed by atoms with E-state index in [1.807, 2.05) is 36.4 Å². The van der Waals surface area contributed by atoms with Crippen LogP contribution in [-0.4, -0.2) is 29.2 Å². The van der Waals surface area contributed by atoms with E-state index in [-0.39, 0.29) is 0 Å². The van der Waals surface area contributed by atoms with Crippen molar-refractivity contribution in [1.82, 2.24) is 15.0 Å². The quantitative estimate of drug-likeness (QED) is 0.448. The van der Waals surface area contributed by atoms with Gasteiger partial charge in [-0.15, -0.1) is 0 Å². The number of aromatic nitrogens is 3. The molecule has 0 atom stereocenters. The summed E-state index contributed by atoms with van der Waals surface area (Å²) in [4.78, 5) is 13.1. The van der Waals surface area contributed by atoms with Crippen molar-refractivity contribution in [2.45, 2.75) is 6.61 Å². The van der Waals surface area contributed by atoms with E-state index in [0.29, 0.717) is 34.8 Å². The molecule has 0 saturated carbocycles. The smallest absolute Gasteiger partial charge is 0.227 e. The number of halogens is 1. The highest BCUT2D eigenvalue weighted by Crippen LogP contribution is 2.32. The van der Waals surface area contributed by atoms with Crippen molar-refractivity contribution in [3.05, 3.63) is 71.6 Å². The van der Waals surface area contributed by atoms with Gasteiger partial charge in [0.1, 0.15) is 12.4 Å². The largest absolute Gasteiger partial charge is 0.493 e. The molecule has 0 spiro atoms. The van der Waals surface area contributed by atoms with Crippen LogP contribution >= 0.6 is 11.6 Å². The second kappa shape index (κ2) is 8.84. The minimum Gasteiger partial charge on any atom is -0.493 e. The Hall–Kier alpha value is -3.58. The van der Waals surface area contributed by atoms with E-state index in [9.17, 15) is 0 Å². The first-order valence-electron chi connectivity index (χ1n) is 9.14. The summed E-state index contributed by atoms with van der Waals surface area (Å²) in [5.74, 6) is 2.24. The number of anilines is 2.